The van der Waals surface area contributed by atoms with Gasteiger partial charge in [0.1, 0.15) is 11.3 Å². The molecule has 0 saturated carbocycles. The van der Waals surface area contributed by atoms with E-state index in [0.29, 0.717) is 42.5 Å². The molecule has 222 valence electrons. The highest BCUT2D eigenvalue weighted by Crippen LogP contribution is 2.44. The Labute approximate surface area is 239 Å². The van der Waals surface area contributed by atoms with Crippen LogP contribution < -0.4 is 0 Å². The number of aromatic hydroxyl groups is 2. The van der Waals surface area contributed by atoms with Crippen LogP contribution in [-0.2, 0) is 20.4 Å². The number of hydrogen-bond acceptors (Lipinski definition) is 8. The molecule has 1 unspecified atom stereocenters. The molecule has 42 heavy (non-hydrogen) atoms. The summed E-state index contributed by atoms with van der Waals surface area (Å²) in [6, 6.07) is 9.11. The maximum absolute atomic E-state index is 14.0. The van der Waals surface area contributed by atoms with Gasteiger partial charge in [-0.05, 0) is 30.7 Å². The fourth-order valence-corrected chi connectivity index (χ4v) is 6.34. The molecule has 0 spiro atoms. The van der Waals surface area contributed by atoms with Crippen LogP contribution >= 0.6 is 7.60 Å². The molecule has 1 aliphatic heterocycles. The number of phenolic OH excluding ortho intramolecular Hbond substituents is 1. The van der Waals surface area contributed by atoms with Gasteiger partial charge in [-0.3, -0.25) is 23.8 Å². The molecular weight excluding hydrogens is 570 g/mol. The lowest BCUT2D eigenvalue weighted by Gasteiger charge is -2.35. The number of phenols is 1. The van der Waals surface area contributed by atoms with Crippen LogP contribution in [0.3, 0.4) is 0 Å². The van der Waals surface area contributed by atoms with Crippen LogP contribution in [0.25, 0.3) is 21.7 Å². The number of nitrogens with zero attached hydrogens (tertiary/aromatic N) is 4. The summed E-state index contributed by atoms with van der Waals surface area (Å²) in [4.78, 5) is 42.7. The predicted octanol–water partition coefficient (Wildman–Crippen LogP) is 3.22. The number of benzene rings is 2. The zero-order chi connectivity index (χ0) is 30.2. The Balaban J connectivity index is 1.39. The lowest BCUT2D eigenvalue weighted by Crippen LogP contribution is -2.49. The van der Waals surface area contributed by atoms with E-state index in [1.807, 2.05) is 4.90 Å². The second kappa shape index (κ2) is 11.7. The van der Waals surface area contributed by atoms with Crippen LogP contribution in [0.2, 0.25) is 0 Å². The Morgan fingerprint density at radius 3 is 2.45 bits per heavy atom. The van der Waals surface area contributed by atoms with Gasteiger partial charge in [0.05, 0.1) is 23.7 Å². The quantitative estimate of drug-likeness (QED) is 0.210. The normalized spacial score (nSPS) is 16.5. The number of aromatic nitrogens is 2. The number of carboxylic acid groups (broad SMARTS) is 1. The summed E-state index contributed by atoms with van der Waals surface area (Å²) >= 11 is 0. The van der Waals surface area contributed by atoms with Crippen LogP contribution in [0.5, 0.6) is 11.6 Å². The number of carbonyl (C=O) groups excluding carboxylic acids is 1. The number of hydrogen-bond donors (Lipinski definition) is 4. The maximum Gasteiger partial charge on any atom is 0.333 e. The van der Waals surface area contributed by atoms with Crippen molar-refractivity contribution in [2.24, 2.45) is 0 Å². The first-order chi connectivity index (χ1) is 19.9. The molecule has 1 amide bonds. The van der Waals surface area contributed by atoms with E-state index >= 15 is 0 Å². The molecule has 3 heterocycles. The van der Waals surface area contributed by atoms with Gasteiger partial charge in [-0.15, -0.1) is 0 Å². The minimum absolute atomic E-state index is 0.0829. The molecule has 5 rings (SSSR count). The Kier molecular flexibility index (Phi) is 8.20. The van der Waals surface area contributed by atoms with Crippen LogP contribution in [0.4, 0.5) is 4.39 Å². The number of pyridine rings is 1. The SMILES string of the molecule is C[C@H](OP(=O)(O)CCN1CCN(C(=O)c2c3cccnc3c(O)c3c(O)n(Cc4ccc(F)cc4)cc23)CC1)C(=O)O. The number of aliphatic carboxylic acids is 1. The minimum Gasteiger partial charge on any atom is -0.505 e. The molecule has 1 aliphatic rings. The van der Waals surface area contributed by atoms with Gasteiger partial charge in [-0.1, -0.05) is 18.2 Å². The van der Waals surface area contributed by atoms with E-state index in [1.165, 1.54) is 29.8 Å². The Hall–Kier alpha value is -4.03. The summed E-state index contributed by atoms with van der Waals surface area (Å²) in [6.45, 7) is 2.92. The van der Waals surface area contributed by atoms with Crippen LogP contribution in [-0.4, -0.2) is 96.4 Å². The van der Waals surface area contributed by atoms with E-state index in [4.69, 9.17) is 9.63 Å². The van der Waals surface area contributed by atoms with Gasteiger partial charge in [0.25, 0.3) is 5.91 Å². The fourth-order valence-electron chi connectivity index (χ4n) is 5.11. The van der Waals surface area contributed by atoms with Gasteiger partial charge in [0, 0.05) is 55.9 Å². The number of carbonyl (C=O) groups is 2. The first-order valence-electron chi connectivity index (χ1n) is 13.3. The standard InChI is InChI=1S/C28H30FN4O8P/c1-17(28(37)38)41-42(39,40)14-13-31-9-11-32(12-10-31)26(35)22-20-3-2-8-30-24(20)25(34)23-21(22)16-33(27(23)36)15-18-4-6-19(29)7-5-18/h2-8,16-17,34,36H,9-15H2,1H3,(H,37,38)(H,39,40)/t17-/m0/s1. The number of halogens is 1. The molecule has 2 aromatic carbocycles. The number of piperazine rings is 1. The molecule has 4 N–H and O–H groups in total. The monoisotopic (exact) mass is 600 g/mol. The highest BCUT2D eigenvalue weighted by atomic mass is 31.2. The molecule has 14 heteroatoms. The molecule has 12 nitrogen and oxygen atoms in total. The van der Waals surface area contributed by atoms with Crippen molar-refractivity contribution in [1.29, 1.82) is 0 Å². The average Bonchev–Trinajstić information content (AvgIpc) is 3.28. The van der Waals surface area contributed by atoms with E-state index in [1.54, 1.807) is 35.4 Å². The summed E-state index contributed by atoms with van der Waals surface area (Å²) in [7, 11) is -4.12. The zero-order valence-corrected chi connectivity index (χ0v) is 23.6. The fraction of sp³-hybridized carbons (Fsp3) is 0.321. The van der Waals surface area contributed by atoms with Crippen LogP contribution in [0.1, 0.15) is 22.8 Å². The molecule has 2 aromatic heterocycles. The molecule has 0 radical (unpaired) electrons. The van der Waals surface area contributed by atoms with Crippen molar-refractivity contribution in [2.45, 2.75) is 19.6 Å². The second-order valence-electron chi connectivity index (χ2n) is 10.2. The number of rotatable bonds is 9. The van der Waals surface area contributed by atoms with E-state index in [-0.39, 0.29) is 53.3 Å². The van der Waals surface area contributed by atoms with Gasteiger partial charge >= 0.3 is 13.6 Å². The Bertz CT molecular complexity index is 1700. The summed E-state index contributed by atoms with van der Waals surface area (Å²) in [5.74, 6) is -2.57. The number of carboxylic acids is 1. The topological polar surface area (TPSA) is 166 Å². The van der Waals surface area contributed by atoms with Gasteiger partial charge in [0.2, 0.25) is 5.88 Å². The van der Waals surface area contributed by atoms with E-state index in [0.717, 1.165) is 0 Å². The van der Waals surface area contributed by atoms with Crippen molar-refractivity contribution in [3.8, 4) is 11.6 Å². The third kappa shape index (κ3) is 5.95. The molecule has 1 saturated heterocycles. The predicted molar refractivity (Wildman–Crippen MR) is 151 cm³/mol. The van der Waals surface area contributed by atoms with Crippen molar-refractivity contribution < 1.29 is 43.3 Å². The van der Waals surface area contributed by atoms with Crippen LogP contribution in [0.15, 0.2) is 48.8 Å². The molecular formula is C28H30FN4O8P. The highest BCUT2D eigenvalue weighted by molar-refractivity contribution is 7.52. The van der Waals surface area contributed by atoms with Crippen molar-refractivity contribution in [2.75, 3.05) is 38.9 Å². The summed E-state index contributed by atoms with van der Waals surface area (Å²) < 4.78 is 32.0. The van der Waals surface area contributed by atoms with Gasteiger partial charge in [0.15, 0.2) is 11.9 Å². The largest absolute Gasteiger partial charge is 0.505 e. The van der Waals surface area contributed by atoms with Crippen LogP contribution in [0, 0.1) is 5.82 Å². The van der Waals surface area contributed by atoms with Gasteiger partial charge < -0.3 is 29.7 Å². The summed E-state index contributed by atoms with van der Waals surface area (Å²) in [6.07, 6.45) is 1.40. The van der Waals surface area contributed by atoms with Crippen molar-refractivity contribution in [3.05, 3.63) is 65.7 Å². The lowest BCUT2D eigenvalue weighted by molar-refractivity contribution is -0.144. The van der Waals surface area contributed by atoms with E-state index in [2.05, 4.69) is 4.98 Å². The highest BCUT2D eigenvalue weighted by Gasteiger charge is 2.31. The van der Waals surface area contributed by atoms with Crippen molar-refractivity contribution in [3.63, 3.8) is 0 Å². The average molecular weight is 601 g/mol. The molecule has 4 aromatic rings. The third-order valence-corrected chi connectivity index (χ3v) is 8.78. The Morgan fingerprint density at radius 2 is 1.79 bits per heavy atom. The van der Waals surface area contributed by atoms with Gasteiger partial charge in [-0.25, -0.2) is 9.18 Å². The Morgan fingerprint density at radius 1 is 1.10 bits per heavy atom. The lowest BCUT2D eigenvalue weighted by atomic mass is 10.00. The van der Waals surface area contributed by atoms with Crippen molar-refractivity contribution in [1.82, 2.24) is 19.4 Å². The maximum atomic E-state index is 14.0. The molecule has 2 atom stereocenters. The number of amides is 1. The molecule has 0 aliphatic carbocycles. The number of fused-ring (bicyclic) bond motifs is 2. The zero-order valence-electron chi connectivity index (χ0n) is 22.7. The van der Waals surface area contributed by atoms with Crippen molar-refractivity contribution >= 4 is 41.1 Å². The summed E-state index contributed by atoms with van der Waals surface area (Å²) in [5.41, 5.74) is 1.13. The molecule has 1 fully saturated rings. The minimum atomic E-state index is -4.12. The second-order valence-corrected chi connectivity index (χ2v) is 12.1. The van der Waals surface area contributed by atoms with E-state index in [9.17, 15) is 33.7 Å². The molecule has 0 bridgehead atoms. The summed E-state index contributed by atoms with van der Waals surface area (Å²) in [5, 5.41) is 31.9. The first-order valence-corrected chi connectivity index (χ1v) is 15.0. The van der Waals surface area contributed by atoms with Gasteiger partial charge in [-0.2, -0.15) is 0 Å². The smallest absolute Gasteiger partial charge is 0.333 e. The van der Waals surface area contributed by atoms with E-state index < -0.39 is 25.5 Å². The third-order valence-electron chi connectivity index (χ3n) is 7.37. The first kappa shape index (κ1) is 29.5.